The molecule has 0 heterocycles. The van der Waals surface area contributed by atoms with E-state index in [1.807, 2.05) is 0 Å². The van der Waals surface area contributed by atoms with E-state index in [4.69, 9.17) is 0 Å². The summed E-state index contributed by atoms with van der Waals surface area (Å²) in [7, 11) is 0. The first kappa shape index (κ1) is 13.6. The van der Waals surface area contributed by atoms with Gasteiger partial charge in [0, 0.05) is 0 Å². The van der Waals surface area contributed by atoms with E-state index in [0.717, 1.165) is 18.4 Å². The molecule has 1 aliphatic rings. The van der Waals surface area contributed by atoms with Gasteiger partial charge in [0.15, 0.2) is 0 Å². The molecule has 1 aliphatic carbocycles. The molecule has 1 nitrogen and oxygen atoms in total. The van der Waals surface area contributed by atoms with Crippen molar-refractivity contribution in [3.05, 3.63) is 35.4 Å². The Bertz CT molecular complexity index is 372. The maximum absolute atomic E-state index is 3.53. The van der Waals surface area contributed by atoms with Crippen LogP contribution in [-0.2, 0) is 5.41 Å². The minimum atomic E-state index is 0.268. The molecule has 0 bridgehead atoms. The number of hydrogen-bond acceptors (Lipinski definition) is 1. The molecule has 1 N–H and O–H groups in total. The van der Waals surface area contributed by atoms with Gasteiger partial charge >= 0.3 is 0 Å². The van der Waals surface area contributed by atoms with Crippen LogP contribution in [0.5, 0.6) is 0 Å². The van der Waals surface area contributed by atoms with E-state index in [-0.39, 0.29) is 5.41 Å². The van der Waals surface area contributed by atoms with Gasteiger partial charge in [0.2, 0.25) is 0 Å². The summed E-state index contributed by atoms with van der Waals surface area (Å²) >= 11 is 0. The number of nitrogens with one attached hydrogen (secondary N) is 1. The van der Waals surface area contributed by atoms with E-state index < -0.39 is 0 Å². The highest BCUT2D eigenvalue weighted by molar-refractivity contribution is 5.32. The molecule has 1 aromatic rings. The molecule has 1 fully saturated rings. The van der Waals surface area contributed by atoms with Crippen molar-refractivity contribution in [2.45, 2.75) is 51.9 Å². The Morgan fingerprint density at radius 3 is 2.39 bits per heavy atom. The largest absolute Gasteiger partial charge is 0.316 e. The molecule has 2 unspecified atom stereocenters. The van der Waals surface area contributed by atoms with Crippen molar-refractivity contribution in [1.29, 1.82) is 0 Å². The summed E-state index contributed by atoms with van der Waals surface area (Å²) in [5.74, 6) is 1.68. The summed E-state index contributed by atoms with van der Waals surface area (Å²) in [6, 6.07) is 9.30. The van der Waals surface area contributed by atoms with Gasteiger partial charge in [0.1, 0.15) is 0 Å². The van der Waals surface area contributed by atoms with Gasteiger partial charge in [0.05, 0.1) is 0 Å². The molecule has 0 radical (unpaired) electrons. The molecule has 100 valence electrons. The zero-order valence-corrected chi connectivity index (χ0v) is 12.3. The lowest BCUT2D eigenvalue weighted by Crippen LogP contribution is -2.17. The van der Waals surface area contributed by atoms with Gasteiger partial charge in [-0.25, -0.2) is 0 Å². The summed E-state index contributed by atoms with van der Waals surface area (Å²) in [6.07, 6.45) is 2.60. The molecule has 1 heteroatoms. The monoisotopic (exact) mass is 245 g/mol. The molecule has 0 saturated heterocycles. The summed E-state index contributed by atoms with van der Waals surface area (Å²) in [5.41, 5.74) is 3.24. The lowest BCUT2D eigenvalue weighted by Gasteiger charge is -2.19. The van der Waals surface area contributed by atoms with E-state index in [0.29, 0.717) is 0 Å². The van der Waals surface area contributed by atoms with Crippen LogP contribution in [0.3, 0.4) is 0 Å². The van der Waals surface area contributed by atoms with Crippen LogP contribution in [0, 0.1) is 5.92 Å². The first-order chi connectivity index (χ1) is 8.52. The van der Waals surface area contributed by atoms with Crippen molar-refractivity contribution < 1.29 is 0 Å². The molecule has 18 heavy (non-hydrogen) atoms. The standard InChI is InChI=1S/C17H27N/c1-5-10-18-12-14-11-16(14)13-6-8-15(9-7-13)17(2,3)4/h6-9,14,16,18H,5,10-12H2,1-4H3. The Labute approximate surface area is 112 Å². The zero-order valence-electron chi connectivity index (χ0n) is 12.3. The summed E-state index contributed by atoms with van der Waals surface area (Å²) in [4.78, 5) is 0. The predicted molar refractivity (Wildman–Crippen MR) is 79.2 cm³/mol. The van der Waals surface area contributed by atoms with Gasteiger partial charge in [-0.15, -0.1) is 0 Å². The molecule has 2 rings (SSSR count). The zero-order chi connectivity index (χ0) is 13.2. The molecule has 0 aliphatic heterocycles. The summed E-state index contributed by atoms with van der Waals surface area (Å²) in [5, 5.41) is 3.53. The quantitative estimate of drug-likeness (QED) is 0.771. The third-order valence-electron chi connectivity index (χ3n) is 3.96. The highest BCUT2D eigenvalue weighted by Crippen LogP contribution is 2.47. The van der Waals surface area contributed by atoms with E-state index >= 15 is 0 Å². The topological polar surface area (TPSA) is 12.0 Å². The Kier molecular flexibility index (Phi) is 4.11. The highest BCUT2D eigenvalue weighted by Gasteiger charge is 2.37. The third kappa shape index (κ3) is 3.35. The van der Waals surface area contributed by atoms with Gasteiger partial charge in [-0.3, -0.25) is 0 Å². The van der Waals surface area contributed by atoms with Gasteiger partial charge < -0.3 is 5.32 Å². The normalized spacial score (nSPS) is 23.1. The third-order valence-corrected chi connectivity index (χ3v) is 3.96. The fourth-order valence-corrected chi connectivity index (χ4v) is 2.58. The molecule has 0 spiro atoms. The highest BCUT2D eigenvalue weighted by atomic mass is 14.9. The van der Waals surface area contributed by atoms with Crippen molar-refractivity contribution in [2.24, 2.45) is 5.92 Å². The summed E-state index contributed by atoms with van der Waals surface area (Å²) < 4.78 is 0. The van der Waals surface area contributed by atoms with Crippen molar-refractivity contribution in [3.63, 3.8) is 0 Å². The van der Waals surface area contributed by atoms with E-state index in [9.17, 15) is 0 Å². The average molecular weight is 245 g/mol. The minimum Gasteiger partial charge on any atom is -0.316 e. The molecule has 0 amide bonds. The smallest absolute Gasteiger partial charge is 0.00144 e. The van der Waals surface area contributed by atoms with Crippen LogP contribution < -0.4 is 5.32 Å². The van der Waals surface area contributed by atoms with Gasteiger partial charge in [-0.1, -0.05) is 52.0 Å². The second kappa shape index (κ2) is 5.44. The fraction of sp³-hybridized carbons (Fsp3) is 0.647. The lowest BCUT2D eigenvalue weighted by atomic mass is 9.86. The molecule has 0 aromatic heterocycles. The van der Waals surface area contributed by atoms with Crippen LogP contribution in [0.4, 0.5) is 0 Å². The Balaban J connectivity index is 1.88. The minimum absolute atomic E-state index is 0.268. The second-order valence-corrected chi connectivity index (χ2v) is 6.68. The molecular formula is C17H27N. The number of hydrogen-bond donors (Lipinski definition) is 1. The van der Waals surface area contributed by atoms with Crippen LogP contribution in [0.15, 0.2) is 24.3 Å². The molecule has 1 saturated carbocycles. The second-order valence-electron chi connectivity index (χ2n) is 6.68. The van der Waals surface area contributed by atoms with E-state index in [1.165, 1.54) is 30.5 Å². The van der Waals surface area contributed by atoms with Crippen molar-refractivity contribution in [1.82, 2.24) is 5.32 Å². The number of rotatable bonds is 5. The van der Waals surface area contributed by atoms with Crippen LogP contribution in [-0.4, -0.2) is 13.1 Å². The Morgan fingerprint density at radius 2 is 1.83 bits per heavy atom. The van der Waals surface area contributed by atoms with Crippen molar-refractivity contribution >= 4 is 0 Å². The molecule has 1 aromatic carbocycles. The fourth-order valence-electron chi connectivity index (χ4n) is 2.58. The van der Waals surface area contributed by atoms with Gasteiger partial charge in [0.25, 0.3) is 0 Å². The van der Waals surface area contributed by atoms with Crippen LogP contribution in [0.2, 0.25) is 0 Å². The first-order valence-corrected chi connectivity index (χ1v) is 7.33. The number of benzene rings is 1. The lowest BCUT2D eigenvalue weighted by molar-refractivity contribution is 0.589. The maximum Gasteiger partial charge on any atom is -0.00144 e. The first-order valence-electron chi connectivity index (χ1n) is 7.33. The van der Waals surface area contributed by atoms with Crippen LogP contribution in [0.1, 0.15) is 57.6 Å². The Hall–Kier alpha value is -0.820. The van der Waals surface area contributed by atoms with Gasteiger partial charge in [-0.2, -0.15) is 0 Å². The Morgan fingerprint density at radius 1 is 1.17 bits per heavy atom. The van der Waals surface area contributed by atoms with Crippen LogP contribution in [0.25, 0.3) is 0 Å². The molecule has 2 atom stereocenters. The average Bonchev–Trinajstić information content (AvgIpc) is 3.08. The molecular weight excluding hydrogens is 218 g/mol. The van der Waals surface area contributed by atoms with Crippen molar-refractivity contribution in [3.8, 4) is 0 Å². The van der Waals surface area contributed by atoms with Gasteiger partial charge in [-0.05, 0) is 54.3 Å². The predicted octanol–water partition coefficient (Wildman–Crippen LogP) is 4.09. The van der Waals surface area contributed by atoms with Crippen molar-refractivity contribution in [2.75, 3.05) is 13.1 Å². The van der Waals surface area contributed by atoms with Crippen LogP contribution >= 0.6 is 0 Å². The van der Waals surface area contributed by atoms with E-state index in [2.05, 4.69) is 57.3 Å². The SMILES string of the molecule is CCCNCC1CC1c1ccc(C(C)(C)C)cc1. The maximum atomic E-state index is 3.53. The summed E-state index contributed by atoms with van der Waals surface area (Å²) in [6.45, 7) is 11.4. The van der Waals surface area contributed by atoms with E-state index in [1.54, 1.807) is 0 Å².